The molecule has 0 spiro atoms. The van der Waals surface area contributed by atoms with Gasteiger partial charge < -0.3 is 15.0 Å². The molecular weight excluding hydrogens is 314 g/mol. The molecule has 1 unspecified atom stereocenters. The molecule has 1 atom stereocenters. The first kappa shape index (κ1) is 16.3. The van der Waals surface area contributed by atoms with Gasteiger partial charge in [-0.05, 0) is 43.9 Å². The zero-order chi connectivity index (χ0) is 17.1. The number of amides is 1. The molecule has 1 N–H and O–H groups in total. The third kappa shape index (κ3) is 3.76. The molecule has 2 fully saturated rings. The fourth-order valence-corrected chi connectivity index (χ4v) is 3.79. The lowest BCUT2D eigenvalue weighted by atomic mass is 9.96. The Bertz CT molecular complexity index is 743. The Morgan fingerprint density at radius 2 is 1.96 bits per heavy atom. The van der Waals surface area contributed by atoms with Gasteiger partial charge in [0.05, 0.1) is 11.4 Å². The number of nitrogens with zero attached hydrogens (tertiary/aromatic N) is 2. The van der Waals surface area contributed by atoms with Gasteiger partial charge in [0.25, 0.3) is 0 Å². The molecule has 2 aliphatic heterocycles. The topological polar surface area (TPSA) is 54.5 Å². The Morgan fingerprint density at radius 3 is 2.84 bits per heavy atom. The first-order valence-electron chi connectivity index (χ1n) is 9.28. The number of fused-ring (bicyclic) bond motifs is 1. The van der Waals surface area contributed by atoms with E-state index in [2.05, 4.69) is 28.4 Å². The van der Waals surface area contributed by atoms with E-state index in [4.69, 9.17) is 9.72 Å². The highest BCUT2D eigenvalue weighted by Gasteiger charge is 2.28. The SMILES string of the molecule is O=C(NC1CCOCC1)C1CCCN(c2ccc3ccccc3n2)C1. The molecule has 0 bridgehead atoms. The van der Waals surface area contributed by atoms with Crippen molar-refractivity contribution in [3.05, 3.63) is 36.4 Å². The predicted molar refractivity (Wildman–Crippen MR) is 98.7 cm³/mol. The molecule has 1 amide bonds. The van der Waals surface area contributed by atoms with Crippen LogP contribution in [-0.2, 0) is 9.53 Å². The summed E-state index contributed by atoms with van der Waals surface area (Å²) in [4.78, 5) is 19.7. The maximum absolute atomic E-state index is 12.7. The third-order valence-electron chi connectivity index (χ3n) is 5.27. The van der Waals surface area contributed by atoms with E-state index in [9.17, 15) is 4.79 Å². The van der Waals surface area contributed by atoms with Gasteiger partial charge in [0.2, 0.25) is 5.91 Å². The van der Waals surface area contributed by atoms with E-state index in [1.165, 1.54) is 0 Å². The lowest BCUT2D eigenvalue weighted by molar-refractivity contribution is -0.126. The summed E-state index contributed by atoms with van der Waals surface area (Å²) in [5.74, 6) is 1.21. The lowest BCUT2D eigenvalue weighted by Crippen LogP contribution is -2.47. The van der Waals surface area contributed by atoms with Crippen LogP contribution in [0.25, 0.3) is 10.9 Å². The van der Waals surface area contributed by atoms with Crippen LogP contribution in [0.1, 0.15) is 25.7 Å². The summed E-state index contributed by atoms with van der Waals surface area (Å²) < 4.78 is 5.37. The maximum atomic E-state index is 12.7. The second-order valence-corrected chi connectivity index (χ2v) is 7.04. The number of benzene rings is 1. The highest BCUT2D eigenvalue weighted by atomic mass is 16.5. The van der Waals surface area contributed by atoms with Crippen molar-refractivity contribution in [3.63, 3.8) is 0 Å². The molecule has 4 rings (SSSR count). The number of pyridine rings is 1. The molecule has 3 heterocycles. The molecule has 0 saturated carbocycles. The highest BCUT2D eigenvalue weighted by molar-refractivity contribution is 5.81. The molecule has 1 aromatic carbocycles. The first-order valence-corrected chi connectivity index (χ1v) is 9.28. The number of carbonyl (C=O) groups is 1. The number of nitrogens with one attached hydrogen (secondary N) is 1. The van der Waals surface area contributed by atoms with Gasteiger partial charge in [0.1, 0.15) is 5.82 Å². The van der Waals surface area contributed by atoms with Crippen LogP contribution >= 0.6 is 0 Å². The van der Waals surface area contributed by atoms with Crippen molar-refractivity contribution in [2.45, 2.75) is 31.7 Å². The highest BCUT2D eigenvalue weighted by Crippen LogP contribution is 2.24. The second-order valence-electron chi connectivity index (χ2n) is 7.04. The van der Waals surface area contributed by atoms with Gasteiger partial charge >= 0.3 is 0 Å². The predicted octanol–water partition coefficient (Wildman–Crippen LogP) is 2.75. The molecule has 0 aliphatic carbocycles. The number of carbonyl (C=O) groups excluding carboxylic acids is 1. The fraction of sp³-hybridized carbons (Fsp3) is 0.500. The summed E-state index contributed by atoms with van der Waals surface area (Å²) >= 11 is 0. The summed E-state index contributed by atoms with van der Waals surface area (Å²) in [7, 11) is 0. The number of piperidine rings is 1. The van der Waals surface area contributed by atoms with Crippen molar-refractivity contribution in [1.82, 2.24) is 10.3 Å². The van der Waals surface area contributed by atoms with Crippen molar-refractivity contribution in [3.8, 4) is 0 Å². The third-order valence-corrected chi connectivity index (χ3v) is 5.27. The smallest absolute Gasteiger partial charge is 0.225 e. The minimum absolute atomic E-state index is 0.0462. The Kier molecular flexibility index (Phi) is 4.83. The molecule has 1 aromatic heterocycles. The van der Waals surface area contributed by atoms with Crippen LogP contribution in [0.5, 0.6) is 0 Å². The van der Waals surface area contributed by atoms with Crippen molar-refractivity contribution in [2.75, 3.05) is 31.2 Å². The number of anilines is 1. The zero-order valence-electron chi connectivity index (χ0n) is 14.5. The Labute approximate surface area is 148 Å². The molecule has 5 nitrogen and oxygen atoms in total. The summed E-state index contributed by atoms with van der Waals surface area (Å²) in [5.41, 5.74) is 1.01. The van der Waals surface area contributed by atoms with E-state index in [0.717, 1.165) is 68.7 Å². The van der Waals surface area contributed by atoms with E-state index in [0.29, 0.717) is 0 Å². The Hall–Kier alpha value is -2.14. The van der Waals surface area contributed by atoms with Gasteiger partial charge in [-0.3, -0.25) is 4.79 Å². The number of hydrogen-bond donors (Lipinski definition) is 1. The molecule has 2 aliphatic rings. The molecule has 132 valence electrons. The van der Waals surface area contributed by atoms with Gasteiger partial charge in [0, 0.05) is 37.7 Å². The van der Waals surface area contributed by atoms with E-state index in [1.54, 1.807) is 0 Å². The standard InChI is InChI=1S/C20H25N3O2/c24-20(21-17-9-12-25-13-10-17)16-5-3-11-23(14-16)19-8-7-15-4-1-2-6-18(15)22-19/h1-2,4,6-8,16-17H,3,5,9-14H2,(H,21,24). The fourth-order valence-electron chi connectivity index (χ4n) is 3.79. The molecule has 2 aromatic rings. The first-order chi connectivity index (χ1) is 12.3. The molecule has 5 heteroatoms. The van der Waals surface area contributed by atoms with E-state index in [1.807, 2.05) is 18.2 Å². The Morgan fingerprint density at radius 1 is 1.12 bits per heavy atom. The average Bonchev–Trinajstić information content (AvgIpc) is 2.68. The zero-order valence-corrected chi connectivity index (χ0v) is 14.5. The molecule has 25 heavy (non-hydrogen) atoms. The number of ether oxygens (including phenoxy) is 1. The minimum Gasteiger partial charge on any atom is -0.381 e. The van der Waals surface area contributed by atoms with Crippen LogP contribution in [0.15, 0.2) is 36.4 Å². The number of hydrogen-bond acceptors (Lipinski definition) is 4. The summed E-state index contributed by atoms with van der Waals surface area (Å²) in [6.07, 6.45) is 3.84. The van der Waals surface area contributed by atoms with Crippen LogP contribution in [0.3, 0.4) is 0 Å². The number of para-hydroxylation sites is 1. The van der Waals surface area contributed by atoms with E-state index < -0.39 is 0 Å². The largest absolute Gasteiger partial charge is 0.381 e. The quantitative estimate of drug-likeness (QED) is 0.934. The lowest BCUT2D eigenvalue weighted by Gasteiger charge is -2.34. The average molecular weight is 339 g/mol. The second kappa shape index (κ2) is 7.40. The minimum atomic E-state index is 0.0462. The van der Waals surface area contributed by atoms with Crippen LogP contribution in [0, 0.1) is 5.92 Å². The van der Waals surface area contributed by atoms with Crippen molar-refractivity contribution in [2.24, 2.45) is 5.92 Å². The van der Waals surface area contributed by atoms with E-state index >= 15 is 0 Å². The van der Waals surface area contributed by atoms with Crippen molar-refractivity contribution < 1.29 is 9.53 Å². The molecule has 2 saturated heterocycles. The normalized spacial score (nSPS) is 22.1. The van der Waals surface area contributed by atoms with Crippen LogP contribution in [-0.4, -0.2) is 43.2 Å². The maximum Gasteiger partial charge on any atom is 0.225 e. The van der Waals surface area contributed by atoms with Gasteiger partial charge in [-0.1, -0.05) is 18.2 Å². The van der Waals surface area contributed by atoms with E-state index in [-0.39, 0.29) is 17.9 Å². The van der Waals surface area contributed by atoms with Gasteiger partial charge in [-0.15, -0.1) is 0 Å². The van der Waals surface area contributed by atoms with Crippen LogP contribution in [0.2, 0.25) is 0 Å². The molecular formula is C20H25N3O2. The summed E-state index contributed by atoms with van der Waals surface area (Å²) in [6.45, 7) is 3.22. The van der Waals surface area contributed by atoms with Crippen molar-refractivity contribution in [1.29, 1.82) is 0 Å². The summed E-state index contributed by atoms with van der Waals surface area (Å²) in [5, 5.41) is 4.37. The monoisotopic (exact) mass is 339 g/mol. The number of rotatable bonds is 3. The van der Waals surface area contributed by atoms with Gasteiger partial charge in [-0.2, -0.15) is 0 Å². The van der Waals surface area contributed by atoms with Crippen LogP contribution < -0.4 is 10.2 Å². The van der Waals surface area contributed by atoms with Crippen molar-refractivity contribution >= 4 is 22.6 Å². The van der Waals surface area contributed by atoms with Gasteiger partial charge in [-0.25, -0.2) is 4.98 Å². The summed E-state index contributed by atoms with van der Waals surface area (Å²) in [6, 6.07) is 12.6. The molecule has 0 radical (unpaired) electrons. The van der Waals surface area contributed by atoms with Gasteiger partial charge in [0.15, 0.2) is 0 Å². The number of aromatic nitrogens is 1. The van der Waals surface area contributed by atoms with Crippen LogP contribution in [0.4, 0.5) is 5.82 Å². The Balaban J connectivity index is 1.43.